The van der Waals surface area contributed by atoms with E-state index in [4.69, 9.17) is 6.42 Å². The second kappa shape index (κ2) is 3.15. The molecule has 1 N–H and O–H groups in total. The van der Waals surface area contributed by atoms with Crippen LogP contribution in [0.25, 0.3) is 5.65 Å². The Morgan fingerprint density at radius 2 is 2.46 bits per heavy atom. The highest BCUT2D eigenvalue weighted by molar-refractivity contribution is 5.45. The molecule has 0 bridgehead atoms. The molecule has 0 atom stereocenters. The van der Waals surface area contributed by atoms with E-state index in [0.717, 1.165) is 11.5 Å². The highest BCUT2D eigenvalue weighted by atomic mass is 15.2. The van der Waals surface area contributed by atoms with Crippen LogP contribution in [0.15, 0.2) is 24.5 Å². The Hall–Kier alpha value is -2.02. The number of aromatic nitrogens is 3. The molecule has 64 valence electrons. The number of rotatable bonds is 2. The van der Waals surface area contributed by atoms with Crippen LogP contribution in [0.4, 0.5) is 5.82 Å². The molecule has 0 saturated heterocycles. The van der Waals surface area contributed by atoms with E-state index in [1.54, 1.807) is 10.7 Å². The molecule has 0 aliphatic carbocycles. The number of nitrogens with zero attached hydrogens (tertiary/aromatic N) is 3. The van der Waals surface area contributed by atoms with Gasteiger partial charge in [-0.3, -0.25) is 0 Å². The maximum Gasteiger partial charge on any atom is 0.157 e. The van der Waals surface area contributed by atoms with Crippen LogP contribution in [0.1, 0.15) is 0 Å². The van der Waals surface area contributed by atoms with Crippen LogP contribution in [0.5, 0.6) is 0 Å². The van der Waals surface area contributed by atoms with E-state index in [2.05, 4.69) is 21.3 Å². The van der Waals surface area contributed by atoms with Crippen molar-refractivity contribution in [1.29, 1.82) is 0 Å². The SMILES string of the molecule is C#CCNc1ccn2nccc2n1. The van der Waals surface area contributed by atoms with Gasteiger partial charge in [-0.25, -0.2) is 9.50 Å². The molecule has 4 nitrogen and oxygen atoms in total. The Bertz CT molecular complexity index is 452. The second-order valence-corrected chi connectivity index (χ2v) is 2.50. The van der Waals surface area contributed by atoms with Gasteiger partial charge in [-0.2, -0.15) is 5.10 Å². The number of terminal acetylenes is 1. The highest BCUT2D eigenvalue weighted by Crippen LogP contribution is 2.04. The van der Waals surface area contributed by atoms with E-state index < -0.39 is 0 Å². The zero-order valence-corrected chi connectivity index (χ0v) is 6.94. The predicted octanol–water partition coefficient (Wildman–Crippen LogP) is 0.774. The number of hydrogen-bond acceptors (Lipinski definition) is 3. The molecule has 0 saturated carbocycles. The lowest BCUT2D eigenvalue weighted by molar-refractivity contribution is 0.939. The third-order valence-corrected chi connectivity index (χ3v) is 1.63. The number of nitrogens with one attached hydrogen (secondary N) is 1. The van der Waals surface area contributed by atoms with Crippen LogP contribution < -0.4 is 5.32 Å². The summed E-state index contributed by atoms with van der Waals surface area (Å²) in [6, 6.07) is 3.67. The molecule has 0 spiro atoms. The van der Waals surface area contributed by atoms with Gasteiger partial charge in [0.2, 0.25) is 0 Å². The lowest BCUT2D eigenvalue weighted by Crippen LogP contribution is -2.01. The summed E-state index contributed by atoms with van der Waals surface area (Å²) < 4.78 is 1.70. The van der Waals surface area contributed by atoms with Gasteiger partial charge >= 0.3 is 0 Å². The van der Waals surface area contributed by atoms with Gasteiger partial charge in [0.15, 0.2) is 5.65 Å². The van der Waals surface area contributed by atoms with Crippen molar-refractivity contribution >= 4 is 11.5 Å². The predicted molar refractivity (Wildman–Crippen MR) is 50.3 cm³/mol. The summed E-state index contributed by atoms with van der Waals surface area (Å²) in [5, 5.41) is 7.01. The van der Waals surface area contributed by atoms with Gasteiger partial charge in [0.05, 0.1) is 12.7 Å². The van der Waals surface area contributed by atoms with Crippen molar-refractivity contribution in [3.8, 4) is 12.3 Å². The Balaban J connectivity index is 2.33. The average molecular weight is 172 g/mol. The molecular formula is C9H8N4. The van der Waals surface area contributed by atoms with Crippen LogP contribution in [0.3, 0.4) is 0 Å². The first kappa shape index (κ1) is 7.62. The largest absolute Gasteiger partial charge is 0.359 e. The Morgan fingerprint density at radius 1 is 1.54 bits per heavy atom. The zero-order chi connectivity index (χ0) is 9.10. The highest BCUT2D eigenvalue weighted by Gasteiger charge is 1.95. The average Bonchev–Trinajstić information content (AvgIpc) is 2.61. The van der Waals surface area contributed by atoms with Crippen LogP contribution >= 0.6 is 0 Å². The Kier molecular flexibility index (Phi) is 1.85. The van der Waals surface area contributed by atoms with Crippen LogP contribution in [0.2, 0.25) is 0 Å². The first-order chi connectivity index (χ1) is 6.40. The van der Waals surface area contributed by atoms with Gasteiger partial charge in [-0.1, -0.05) is 5.92 Å². The van der Waals surface area contributed by atoms with Crippen LogP contribution in [-0.2, 0) is 0 Å². The summed E-state index contributed by atoms with van der Waals surface area (Å²) in [6.07, 6.45) is 8.65. The van der Waals surface area contributed by atoms with Crippen molar-refractivity contribution in [1.82, 2.24) is 14.6 Å². The maximum absolute atomic E-state index is 5.11. The molecule has 0 fully saturated rings. The molecule has 4 heteroatoms. The summed E-state index contributed by atoms with van der Waals surface area (Å²) in [6.45, 7) is 0.483. The molecule has 0 aliphatic rings. The molecule has 0 amide bonds. The normalized spacial score (nSPS) is 9.77. The maximum atomic E-state index is 5.11. The van der Waals surface area contributed by atoms with Gasteiger partial charge < -0.3 is 5.32 Å². The van der Waals surface area contributed by atoms with Gasteiger partial charge in [-0.15, -0.1) is 6.42 Å². The molecule has 0 aromatic carbocycles. The molecule has 0 unspecified atom stereocenters. The first-order valence-electron chi connectivity index (χ1n) is 3.88. The quantitative estimate of drug-likeness (QED) is 0.680. The topological polar surface area (TPSA) is 42.2 Å². The van der Waals surface area contributed by atoms with Crippen molar-refractivity contribution in [2.45, 2.75) is 0 Å². The summed E-state index contributed by atoms with van der Waals surface area (Å²) in [5.74, 6) is 3.25. The summed E-state index contributed by atoms with van der Waals surface area (Å²) >= 11 is 0. The second-order valence-electron chi connectivity index (χ2n) is 2.50. The molecule has 2 rings (SSSR count). The van der Waals surface area contributed by atoms with Crippen molar-refractivity contribution in [3.63, 3.8) is 0 Å². The van der Waals surface area contributed by atoms with E-state index in [1.165, 1.54) is 0 Å². The molecule has 0 radical (unpaired) electrons. The Morgan fingerprint density at radius 3 is 3.31 bits per heavy atom. The number of fused-ring (bicyclic) bond motifs is 1. The summed E-state index contributed by atoms with van der Waals surface area (Å²) in [5.41, 5.74) is 0.807. The van der Waals surface area contributed by atoms with E-state index >= 15 is 0 Å². The summed E-state index contributed by atoms with van der Waals surface area (Å²) in [4.78, 5) is 4.27. The van der Waals surface area contributed by atoms with E-state index in [1.807, 2.05) is 18.3 Å². The minimum absolute atomic E-state index is 0.483. The number of hydrogen-bond donors (Lipinski definition) is 1. The van der Waals surface area contributed by atoms with E-state index in [9.17, 15) is 0 Å². The van der Waals surface area contributed by atoms with E-state index in [0.29, 0.717) is 6.54 Å². The van der Waals surface area contributed by atoms with Crippen molar-refractivity contribution in [2.75, 3.05) is 11.9 Å². The molecule has 0 aliphatic heterocycles. The van der Waals surface area contributed by atoms with Gasteiger partial charge in [-0.05, 0) is 6.07 Å². The molecule has 2 aromatic rings. The fourth-order valence-electron chi connectivity index (χ4n) is 1.05. The van der Waals surface area contributed by atoms with Crippen LogP contribution in [-0.4, -0.2) is 21.1 Å². The zero-order valence-electron chi connectivity index (χ0n) is 6.94. The monoisotopic (exact) mass is 172 g/mol. The van der Waals surface area contributed by atoms with E-state index in [-0.39, 0.29) is 0 Å². The molecular weight excluding hydrogens is 164 g/mol. The Labute approximate surface area is 75.6 Å². The lowest BCUT2D eigenvalue weighted by Gasteiger charge is -2.00. The third kappa shape index (κ3) is 1.44. The van der Waals surface area contributed by atoms with Crippen molar-refractivity contribution in [2.24, 2.45) is 0 Å². The van der Waals surface area contributed by atoms with Gasteiger partial charge in [0.25, 0.3) is 0 Å². The first-order valence-corrected chi connectivity index (χ1v) is 3.88. The van der Waals surface area contributed by atoms with Gasteiger partial charge in [0.1, 0.15) is 5.82 Å². The minimum atomic E-state index is 0.483. The smallest absolute Gasteiger partial charge is 0.157 e. The molecule has 2 aromatic heterocycles. The number of anilines is 1. The molecule has 13 heavy (non-hydrogen) atoms. The fourth-order valence-corrected chi connectivity index (χ4v) is 1.05. The fraction of sp³-hybridized carbons (Fsp3) is 0.111. The van der Waals surface area contributed by atoms with Crippen molar-refractivity contribution in [3.05, 3.63) is 24.5 Å². The molecule has 2 heterocycles. The van der Waals surface area contributed by atoms with Crippen molar-refractivity contribution < 1.29 is 0 Å². The summed E-state index contributed by atoms with van der Waals surface area (Å²) in [7, 11) is 0. The van der Waals surface area contributed by atoms with Crippen LogP contribution in [0, 0.1) is 12.3 Å². The lowest BCUT2D eigenvalue weighted by atomic mass is 10.5. The third-order valence-electron chi connectivity index (χ3n) is 1.63. The minimum Gasteiger partial charge on any atom is -0.359 e. The standard InChI is InChI=1S/C9H8N4/c1-2-5-10-8-4-7-13-9(12-8)3-6-11-13/h1,3-4,6-7H,5H2,(H,10,12). The van der Waals surface area contributed by atoms with Gasteiger partial charge in [0, 0.05) is 12.3 Å².